The Labute approximate surface area is 189 Å². The van der Waals surface area contributed by atoms with Gasteiger partial charge in [0, 0.05) is 26.2 Å². The number of sulfonamides is 1. The van der Waals surface area contributed by atoms with E-state index in [0.29, 0.717) is 37.5 Å². The van der Waals surface area contributed by atoms with Crippen molar-refractivity contribution in [3.8, 4) is 17.6 Å². The van der Waals surface area contributed by atoms with Crippen LogP contribution in [0, 0.1) is 25.2 Å². The lowest BCUT2D eigenvalue weighted by molar-refractivity contribution is 0.196. The third-order valence-corrected chi connectivity index (χ3v) is 7.03. The number of rotatable bonds is 6. The van der Waals surface area contributed by atoms with Crippen LogP contribution in [0.15, 0.2) is 41.3 Å². The van der Waals surface area contributed by atoms with E-state index >= 15 is 0 Å². The molecule has 0 aliphatic carbocycles. The molecule has 30 heavy (non-hydrogen) atoms. The maximum Gasteiger partial charge on any atom is 0.246 e. The van der Waals surface area contributed by atoms with Crippen molar-refractivity contribution in [1.82, 2.24) is 9.21 Å². The van der Waals surface area contributed by atoms with E-state index in [1.807, 2.05) is 32.0 Å². The van der Waals surface area contributed by atoms with Crippen molar-refractivity contribution in [1.29, 1.82) is 5.26 Å². The Kier molecular flexibility index (Phi) is 8.44. The number of hydrogen-bond acceptors (Lipinski definition) is 5. The highest BCUT2D eigenvalue weighted by Crippen LogP contribution is 2.33. The Morgan fingerprint density at radius 3 is 2.23 bits per heavy atom. The molecule has 1 saturated heterocycles. The fraction of sp³-hybridized carbons (Fsp3) is 0.409. The number of nitrogens with zero attached hydrogens (tertiary/aromatic N) is 3. The summed E-state index contributed by atoms with van der Waals surface area (Å²) in [4.78, 5) is 2.35. The van der Waals surface area contributed by atoms with Gasteiger partial charge in [-0.05, 0) is 61.3 Å². The average molecular weight is 494 g/mol. The van der Waals surface area contributed by atoms with Gasteiger partial charge in [-0.25, -0.2) is 8.42 Å². The predicted octanol–water partition coefficient (Wildman–Crippen LogP) is 4.07. The van der Waals surface area contributed by atoms with Crippen LogP contribution in [0.3, 0.4) is 0 Å². The predicted molar refractivity (Wildman–Crippen MR) is 123 cm³/mol. The molecule has 0 unspecified atom stereocenters. The highest BCUT2D eigenvalue weighted by molar-refractivity contribution is 8.93. The van der Waals surface area contributed by atoms with E-state index < -0.39 is 10.0 Å². The van der Waals surface area contributed by atoms with Gasteiger partial charge in [-0.3, -0.25) is 0 Å². The van der Waals surface area contributed by atoms with Crippen LogP contribution in [0.2, 0.25) is 0 Å². The van der Waals surface area contributed by atoms with Crippen LogP contribution in [0.25, 0.3) is 0 Å². The number of piperazine rings is 1. The van der Waals surface area contributed by atoms with Gasteiger partial charge in [0.05, 0.1) is 12.5 Å². The minimum Gasteiger partial charge on any atom is -0.456 e. The van der Waals surface area contributed by atoms with Crippen molar-refractivity contribution in [2.45, 2.75) is 32.1 Å². The largest absolute Gasteiger partial charge is 0.456 e. The van der Waals surface area contributed by atoms with Crippen LogP contribution in [0.5, 0.6) is 11.5 Å². The first-order valence-corrected chi connectivity index (χ1v) is 11.3. The highest BCUT2D eigenvalue weighted by Gasteiger charge is 2.31. The Bertz CT molecular complexity index is 1010. The summed E-state index contributed by atoms with van der Waals surface area (Å²) in [6.45, 7) is 9.24. The van der Waals surface area contributed by atoms with Crippen LogP contribution in [-0.4, -0.2) is 50.3 Å². The van der Waals surface area contributed by atoms with Gasteiger partial charge in [-0.15, -0.1) is 17.0 Å². The summed E-state index contributed by atoms with van der Waals surface area (Å²) in [5.41, 5.74) is 2.74. The molecule has 8 heteroatoms. The number of benzene rings is 2. The van der Waals surface area contributed by atoms with E-state index in [1.165, 1.54) is 4.31 Å². The standard InChI is InChI=1S/C22H27N3O3S.BrH/c1-4-24-9-11-25(12-10-24)29(26,27)22-16-19(7-8-23)5-6-21(22)28-20-14-17(2)13-18(3)15-20;/h5-6,13-16H,4,7,9-12H2,1-3H3;1H. The number of ether oxygens (including phenoxy) is 1. The molecule has 0 amide bonds. The van der Waals surface area contributed by atoms with Gasteiger partial charge in [0.15, 0.2) is 0 Å². The monoisotopic (exact) mass is 493 g/mol. The molecule has 1 fully saturated rings. The van der Waals surface area contributed by atoms with Crippen LogP contribution in [-0.2, 0) is 16.4 Å². The van der Waals surface area contributed by atoms with E-state index in [4.69, 9.17) is 10.00 Å². The topological polar surface area (TPSA) is 73.6 Å². The van der Waals surface area contributed by atoms with Gasteiger partial charge in [0.2, 0.25) is 10.0 Å². The highest BCUT2D eigenvalue weighted by atomic mass is 79.9. The second-order valence-corrected chi connectivity index (χ2v) is 9.29. The lowest BCUT2D eigenvalue weighted by Gasteiger charge is -2.33. The van der Waals surface area contributed by atoms with Crippen molar-refractivity contribution in [3.63, 3.8) is 0 Å². The van der Waals surface area contributed by atoms with Crippen molar-refractivity contribution < 1.29 is 13.2 Å². The van der Waals surface area contributed by atoms with Crippen LogP contribution in [0.1, 0.15) is 23.6 Å². The quantitative estimate of drug-likeness (QED) is 0.606. The molecule has 2 aromatic rings. The van der Waals surface area contributed by atoms with E-state index in [1.54, 1.807) is 18.2 Å². The second kappa shape index (κ2) is 10.4. The Hall–Kier alpha value is -1.92. The maximum atomic E-state index is 13.4. The van der Waals surface area contributed by atoms with Crippen molar-refractivity contribution in [3.05, 3.63) is 53.1 Å². The molecule has 162 valence electrons. The van der Waals surface area contributed by atoms with Crippen LogP contribution in [0.4, 0.5) is 0 Å². The van der Waals surface area contributed by atoms with Crippen molar-refractivity contribution in [2.24, 2.45) is 0 Å². The SMILES string of the molecule is Br.CCN1CCN(S(=O)(=O)c2cc(CC#N)ccc2Oc2cc(C)cc(C)c2)CC1. The molecule has 0 atom stereocenters. The molecule has 1 aliphatic rings. The molecular formula is C22H28BrN3O3S. The average Bonchev–Trinajstić information content (AvgIpc) is 2.68. The maximum absolute atomic E-state index is 13.4. The van der Waals surface area contributed by atoms with Gasteiger partial charge in [-0.2, -0.15) is 9.57 Å². The minimum absolute atomic E-state index is 0. The molecular weight excluding hydrogens is 466 g/mol. The zero-order chi connectivity index (χ0) is 21.0. The summed E-state index contributed by atoms with van der Waals surface area (Å²) >= 11 is 0. The Morgan fingerprint density at radius 2 is 1.67 bits per heavy atom. The first-order valence-electron chi connectivity index (χ1n) is 9.82. The van der Waals surface area contributed by atoms with E-state index in [-0.39, 0.29) is 34.0 Å². The van der Waals surface area contributed by atoms with E-state index in [2.05, 4.69) is 17.9 Å². The molecule has 1 heterocycles. The third-order valence-electron chi connectivity index (χ3n) is 5.11. The molecule has 2 aromatic carbocycles. The lowest BCUT2D eigenvalue weighted by atomic mass is 10.1. The number of likely N-dealkylation sites (N-methyl/N-ethyl adjacent to an activating group) is 1. The summed E-state index contributed by atoms with van der Waals surface area (Å²) in [6, 6.07) is 12.9. The molecule has 3 rings (SSSR count). The summed E-state index contributed by atoms with van der Waals surface area (Å²) in [5, 5.41) is 9.04. The molecule has 1 aliphatic heterocycles. The fourth-order valence-electron chi connectivity index (χ4n) is 3.58. The molecule has 0 aromatic heterocycles. The van der Waals surface area contributed by atoms with Crippen molar-refractivity contribution in [2.75, 3.05) is 32.7 Å². The fourth-order valence-corrected chi connectivity index (χ4v) is 5.17. The smallest absolute Gasteiger partial charge is 0.246 e. The van der Waals surface area contributed by atoms with Crippen molar-refractivity contribution >= 4 is 27.0 Å². The van der Waals surface area contributed by atoms with E-state index in [0.717, 1.165) is 17.7 Å². The second-order valence-electron chi connectivity index (χ2n) is 7.38. The summed E-state index contributed by atoms with van der Waals surface area (Å²) in [6.07, 6.45) is 0.149. The number of aryl methyl sites for hydroxylation is 2. The van der Waals surface area contributed by atoms with Gasteiger partial charge in [0.25, 0.3) is 0 Å². The van der Waals surface area contributed by atoms with Crippen LogP contribution < -0.4 is 4.74 Å². The number of halogens is 1. The lowest BCUT2D eigenvalue weighted by Crippen LogP contribution is -2.48. The molecule has 6 nitrogen and oxygen atoms in total. The zero-order valence-electron chi connectivity index (χ0n) is 17.6. The molecule has 0 saturated carbocycles. The van der Waals surface area contributed by atoms with Gasteiger partial charge in [-0.1, -0.05) is 19.1 Å². The summed E-state index contributed by atoms with van der Waals surface area (Å²) in [5.74, 6) is 0.886. The number of hydrogen-bond donors (Lipinski definition) is 0. The summed E-state index contributed by atoms with van der Waals surface area (Å²) < 4.78 is 34.4. The van der Waals surface area contributed by atoms with Gasteiger partial charge >= 0.3 is 0 Å². The first-order chi connectivity index (χ1) is 13.8. The van der Waals surface area contributed by atoms with Gasteiger partial charge in [0.1, 0.15) is 16.4 Å². The normalized spacial score (nSPS) is 15.3. The minimum atomic E-state index is -3.73. The van der Waals surface area contributed by atoms with Gasteiger partial charge < -0.3 is 9.64 Å². The summed E-state index contributed by atoms with van der Waals surface area (Å²) in [7, 11) is -3.73. The first kappa shape index (κ1) is 24.4. The molecule has 0 radical (unpaired) electrons. The third kappa shape index (κ3) is 5.61. The molecule has 0 N–H and O–H groups in total. The Morgan fingerprint density at radius 1 is 1.03 bits per heavy atom. The van der Waals surface area contributed by atoms with Crippen LogP contribution >= 0.6 is 17.0 Å². The molecule has 0 spiro atoms. The molecule has 0 bridgehead atoms. The zero-order valence-corrected chi connectivity index (χ0v) is 20.1. The van der Waals surface area contributed by atoms with E-state index in [9.17, 15) is 8.42 Å². The number of nitriles is 1. The Balaban J connectivity index is 0.00000320.